The van der Waals surface area contributed by atoms with E-state index in [1.807, 2.05) is 12.1 Å². The first-order chi connectivity index (χ1) is 19.7. The number of methoxy groups -OCH3 is 1. The highest BCUT2D eigenvalue weighted by molar-refractivity contribution is 6.02. The molecular formula is C28H28FN9O3. The van der Waals surface area contributed by atoms with Gasteiger partial charge in [0.25, 0.3) is 0 Å². The molecule has 210 valence electrons. The molecule has 41 heavy (non-hydrogen) atoms. The number of nitrogens with zero attached hydrogens (tertiary/aromatic N) is 8. The van der Waals surface area contributed by atoms with Gasteiger partial charge in [0.2, 0.25) is 11.8 Å². The third kappa shape index (κ3) is 5.73. The number of ether oxygens (including phenoxy) is 1. The molecule has 0 unspecified atom stereocenters. The van der Waals surface area contributed by atoms with Gasteiger partial charge in [0.15, 0.2) is 0 Å². The zero-order valence-electron chi connectivity index (χ0n) is 22.9. The van der Waals surface area contributed by atoms with E-state index in [1.165, 1.54) is 45.9 Å². The van der Waals surface area contributed by atoms with Gasteiger partial charge in [-0.1, -0.05) is 35.5 Å². The number of amides is 2. The number of tetrazole rings is 1. The van der Waals surface area contributed by atoms with Crippen molar-refractivity contribution in [3.8, 4) is 11.4 Å². The average molecular weight is 558 g/mol. The summed E-state index contributed by atoms with van der Waals surface area (Å²) < 4.78 is 23.8. The molecule has 13 heteroatoms. The van der Waals surface area contributed by atoms with Gasteiger partial charge in [-0.3, -0.25) is 14.5 Å². The summed E-state index contributed by atoms with van der Waals surface area (Å²) in [5, 5.41) is 22.4. The van der Waals surface area contributed by atoms with E-state index in [9.17, 15) is 9.59 Å². The Kier molecular flexibility index (Phi) is 7.42. The molecule has 2 aromatic heterocycles. The summed E-state index contributed by atoms with van der Waals surface area (Å²) in [6.07, 6.45) is 1.40. The average Bonchev–Trinajstić information content (AvgIpc) is 3.62. The standard InChI is InChI=1S/C28H28FN9O3/c1-28(2,3)31-27(40)26(19-9-5-6-10-20(19)29)38(25(39)16-36-22-12-8-7-11-21(22)32-34-36)18-13-14-23(24(15-18)41-4)37-17-30-33-35-37/h5-15,17,26H,16H2,1-4H3,(H,31,40)/t26-/m0/s1. The smallest absolute Gasteiger partial charge is 0.249 e. The molecule has 12 nitrogen and oxygen atoms in total. The van der Waals surface area contributed by atoms with E-state index < -0.39 is 29.2 Å². The SMILES string of the molecule is COc1cc(N(C(=O)Cn2nnc3ccccc32)[C@H](C(=O)NC(C)(C)C)c2ccccc2F)ccc1-n1cnnn1. The van der Waals surface area contributed by atoms with Gasteiger partial charge in [-0.05, 0) is 61.5 Å². The van der Waals surface area contributed by atoms with Crippen LogP contribution < -0.4 is 15.0 Å². The van der Waals surface area contributed by atoms with Gasteiger partial charge in [0.05, 0.1) is 12.6 Å². The molecule has 5 aromatic rings. The number of para-hydroxylation sites is 1. The lowest BCUT2D eigenvalue weighted by Crippen LogP contribution is -2.50. The van der Waals surface area contributed by atoms with Crippen molar-refractivity contribution in [3.05, 3.63) is 84.4 Å². The zero-order valence-corrected chi connectivity index (χ0v) is 22.9. The number of anilines is 1. The van der Waals surface area contributed by atoms with Crippen molar-refractivity contribution >= 4 is 28.5 Å². The topological polar surface area (TPSA) is 133 Å². The number of halogens is 1. The van der Waals surface area contributed by atoms with Gasteiger partial charge in [0, 0.05) is 22.9 Å². The maximum atomic E-state index is 15.4. The first-order valence-corrected chi connectivity index (χ1v) is 12.7. The Hall–Kier alpha value is -5.20. The second-order valence-corrected chi connectivity index (χ2v) is 10.3. The Bertz CT molecular complexity index is 1700. The van der Waals surface area contributed by atoms with Gasteiger partial charge >= 0.3 is 0 Å². The van der Waals surface area contributed by atoms with Crippen LogP contribution in [0.15, 0.2) is 73.1 Å². The molecule has 3 aromatic carbocycles. The Balaban J connectivity index is 1.67. The Morgan fingerprint density at radius 2 is 1.80 bits per heavy atom. The molecule has 0 bridgehead atoms. The molecule has 2 amide bonds. The zero-order chi connectivity index (χ0) is 29.1. The summed E-state index contributed by atoms with van der Waals surface area (Å²) in [5.74, 6) is -1.41. The minimum absolute atomic E-state index is 0.0227. The van der Waals surface area contributed by atoms with Crippen molar-refractivity contribution in [1.82, 2.24) is 40.5 Å². The molecule has 0 aliphatic carbocycles. The van der Waals surface area contributed by atoms with Crippen LogP contribution in [0.2, 0.25) is 0 Å². The first kappa shape index (κ1) is 27.4. The van der Waals surface area contributed by atoms with E-state index in [4.69, 9.17) is 4.74 Å². The lowest BCUT2D eigenvalue weighted by Gasteiger charge is -2.34. The van der Waals surface area contributed by atoms with Crippen molar-refractivity contribution < 1.29 is 18.7 Å². The summed E-state index contributed by atoms with van der Waals surface area (Å²) >= 11 is 0. The summed E-state index contributed by atoms with van der Waals surface area (Å²) in [4.78, 5) is 29.4. The normalized spacial score (nSPS) is 12.2. The Morgan fingerprint density at radius 3 is 2.51 bits per heavy atom. The molecule has 1 atom stereocenters. The molecule has 0 spiro atoms. The van der Waals surface area contributed by atoms with Crippen LogP contribution >= 0.6 is 0 Å². The van der Waals surface area contributed by atoms with Gasteiger partial charge in [-0.15, -0.1) is 10.2 Å². The number of fused-ring (bicyclic) bond motifs is 1. The molecule has 0 saturated carbocycles. The maximum absolute atomic E-state index is 15.4. The van der Waals surface area contributed by atoms with Crippen LogP contribution in [-0.2, 0) is 16.1 Å². The maximum Gasteiger partial charge on any atom is 0.249 e. The monoisotopic (exact) mass is 557 g/mol. The number of carbonyl (C=O) groups excluding carboxylic acids is 2. The summed E-state index contributed by atoms with van der Waals surface area (Å²) in [7, 11) is 1.46. The van der Waals surface area contributed by atoms with Crippen molar-refractivity contribution in [2.24, 2.45) is 0 Å². The van der Waals surface area contributed by atoms with Crippen LogP contribution in [0.4, 0.5) is 10.1 Å². The number of hydrogen-bond donors (Lipinski definition) is 1. The second-order valence-electron chi connectivity index (χ2n) is 10.3. The third-order valence-electron chi connectivity index (χ3n) is 6.22. The lowest BCUT2D eigenvalue weighted by molar-refractivity contribution is -0.128. The van der Waals surface area contributed by atoms with Crippen LogP contribution in [0.5, 0.6) is 5.75 Å². The summed E-state index contributed by atoms with van der Waals surface area (Å²) in [6.45, 7) is 5.15. The fraction of sp³-hybridized carbons (Fsp3) is 0.250. The molecule has 0 radical (unpaired) electrons. The highest BCUT2D eigenvalue weighted by Crippen LogP contribution is 2.35. The van der Waals surface area contributed by atoms with Gasteiger partial charge in [-0.25, -0.2) is 9.07 Å². The summed E-state index contributed by atoms with van der Waals surface area (Å²) in [5.41, 5.74) is 1.38. The van der Waals surface area contributed by atoms with E-state index in [0.29, 0.717) is 22.5 Å². The van der Waals surface area contributed by atoms with Gasteiger partial charge in [0.1, 0.15) is 41.7 Å². The van der Waals surface area contributed by atoms with E-state index in [0.717, 1.165) is 0 Å². The number of aromatic nitrogens is 7. The summed E-state index contributed by atoms with van der Waals surface area (Å²) in [6, 6.07) is 16.5. The highest BCUT2D eigenvalue weighted by atomic mass is 19.1. The van der Waals surface area contributed by atoms with Crippen molar-refractivity contribution in [1.29, 1.82) is 0 Å². The molecular weight excluding hydrogens is 529 g/mol. The van der Waals surface area contributed by atoms with Crippen molar-refractivity contribution in [3.63, 3.8) is 0 Å². The fourth-order valence-electron chi connectivity index (χ4n) is 4.48. The quantitative estimate of drug-likeness (QED) is 0.308. The third-order valence-corrected chi connectivity index (χ3v) is 6.22. The number of hydrogen-bond acceptors (Lipinski definition) is 8. The fourth-order valence-corrected chi connectivity index (χ4v) is 4.48. The predicted molar refractivity (Wildman–Crippen MR) is 148 cm³/mol. The first-order valence-electron chi connectivity index (χ1n) is 12.7. The largest absolute Gasteiger partial charge is 0.494 e. The minimum atomic E-state index is -1.37. The second kappa shape index (κ2) is 11.1. The number of benzene rings is 3. The Labute approximate surface area is 234 Å². The van der Waals surface area contributed by atoms with Crippen molar-refractivity contribution in [2.45, 2.75) is 38.9 Å². The van der Waals surface area contributed by atoms with Crippen LogP contribution in [-0.4, -0.2) is 59.7 Å². The van der Waals surface area contributed by atoms with Crippen LogP contribution in [0.3, 0.4) is 0 Å². The van der Waals surface area contributed by atoms with Crippen LogP contribution in [0, 0.1) is 5.82 Å². The minimum Gasteiger partial charge on any atom is -0.494 e. The molecule has 0 aliphatic rings. The number of carbonyl (C=O) groups is 2. The number of rotatable bonds is 8. The lowest BCUT2D eigenvalue weighted by atomic mass is 10.00. The van der Waals surface area contributed by atoms with E-state index in [2.05, 4.69) is 31.2 Å². The molecule has 0 saturated heterocycles. The van der Waals surface area contributed by atoms with Gasteiger partial charge < -0.3 is 10.1 Å². The molecule has 0 fully saturated rings. The van der Waals surface area contributed by atoms with Crippen LogP contribution in [0.1, 0.15) is 32.4 Å². The van der Waals surface area contributed by atoms with E-state index >= 15 is 4.39 Å². The Morgan fingerprint density at radius 1 is 1.05 bits per heavy atom. The van der Waals surface area contributed by atoms with E-state index in [-0.39, 0.29) is 17.8 Å². The molecule has 1 N–H and O–H groups in total. The molecule has 2 heterocycles. The van der Waals surface area contributed by atoms with Crippen LogP contribution in [0.25, 0.3) is 16.7 Å². The molecule has 5 rings (SSSR count). The molecule has 0 aliphatic heterocycles. The highest BCUT2D eigenvalue weighted by Gasteiger charge is 2.36. The predicted octanol–water partition coefficient (Wildman–Crippen LogP) is 3.24. The van der Waals surface area contributed by atoms with Crippen molar-refractivity contribution in [2.75, 3.05) is 12.0 Å². The van der Waals surface area contributed by atoms with Gasteiger partial charge in [-0.2, -0.15) is 4.68 Å². The number of nitrogens with one attached hydrogen (secondary N) is 1. The van der Waals surface area contributed by atoms with E-state index in [1.54, 1.807) is 57.2 Å².